The molecule has 90 valence electrons. The summed E-state index contributed by atoms with van der Waals surface area (Å²) in [6.07, 6.45) is 2.21. The quantitative estimate of drug-likeness (QED) is 0.808. The summed E-state index contributed by atoms with van der Waals surface area (Å²) in [5.74, 6) is 0. The molecule has 0 saturated carbocycles. The molecular formula is C10H16ClN3O2. The summed E-state index contributed by atoms with van der Waals surface area (Å²) in [7, 11) is 5.06. The van der Waals surface area contributed by atoms with Crippen molar-refractivity contribution in [2.24, 2.45) is 0 Å². The van der Waals surface area contributed by atoms with Crippen LogP contribution in [0.4, 0.5) is 0 Å². The van der Waals surface area contributed by atoms with Gasteiger partial charge in [0.25, 0.3) is 0 Å². The molecule has 1 N–H and O–H groups in total. The minimum Gasteiger partial charge on any atom is -0.467 e. The number of hydrogen-bond donors (Lipinski definition) is 1. The third kappa shape index (κ3) is 3.59. The third-order valence-corrected chi connectivity index (χ3v) is 2.51. The summed E-state index contributed by atoms with van der Waals surface area (Å²) in [6.45, 7) is 0.596. The predicted molar refractivity (Wildman–Crippen MR) is 62.0 cm³/mol. The van der Waals surface area contributed by atoms with Crippen molar-refractivity contribution in [2.45, 2.75) is 12.5 Å². The van der Waals surface area contributed by atoms with Crippen LogP contribution in [-0.4, -0.2) is 43.9 Å². The molecule has 0 aliphatic carbocycles. The predicted octanol–water partition coefficient (Wildman–Crippen LogP) is 0.915. The van der Waals surface area contributed by atoms with E-state index in [1.165, 1.54) is 7.11 Å². The van der Waals surface area contributed by atoms with Crippen LogP contribution in [0, 0.1) is 0 Å². The zero-order valence-corrected chi connectivity index (χ0v) is 10.4. The second-order valence-corrected chi connectivity index (χ2v) is 3.70. The lowest BCUT2D eigenvalue weighted by atomic mass is 10.1. The van der Waals surface area contributed by atoms with Crippen molar-refractivity contribution < 1.29 is 9.47 Å². The second-order valence-electron chi connectivity index (χ2n) is 3.30. The van der Waals surface area contributed by atoms with E-state index in [1.807, 2.05) is 7.05 Å². The number of ether oxygens (including phenoxy) is 2. The first-order valence-electron chi connectivity index (χ1n) is 4.92. The van der Waals surface area contributed by atoms with Crippen LogP contribution in [0.2, 0.25) is 5.02 Å². The van der Waals surface area contributed by atoms with Gasteiger partial charge in [-0.3, -0.25) is 0 Å². The van der Waals surface area contributed by atoms with Crippen LogP contribution in [0.1, 0.15) is 5.69 Å². The largest absolute Gasteiger partial charge is 0.467 e. The number of halogens is 1. The molecule has 1 aromatic heterocycles. The summed E-state index contributed by atoms with van der Waals surface area (Å²) in [5, 5.41) is 3.67. The van der Waals surface area contributed by atoms with Crippen LogP contribution in [0.5, 0.6) is 6.01 Å². The highest BCUT2D eigenvalue weighted by Crippen LogP contribution is 2.16. The van der Waals surface area contributed by atoms with Crippen LogP contribution in [0.25, 0.3) is 0 Å². The Balaban J connectivity index is 2.77. The Hall–Kier alpha value is -0.910. The number of methoxy groups -OCH3 is 2. The van der Waals surface area contributed by atoms with Crippen LogP contribution in [0.3, 0.4) is 0 Å². The molecule has 0 aliphatic heterocycles. The van der Waals surface area contributed by atoms with Gasteiger partial charge in [0.2, 0.25) is 0 Å². The van der Waals surface area contributed by atoms with E-state index in [-0.39, 0.29) is 6.04 Å². The molecule has 0 aliphatic rings. The molecule has 6 heteroatoms. The first-order valence-corrected chi connectivity index (χ1v) is 5.30. The Kier molecular flexibility index (Phi) is 5.45. The van der Waals surface area contributed by atoms with E-state index >= 15 is 0 Å². The smallest absolute Gasteiger partial charge is 0.316 e. The first-order chi connectivity index (χ1) is 7.71. The van der Waals surface area contributed by atoms with E-state index in [1.54, 1.807) is 13.3 Å². The molecule has 0 bridgehead atoms. The molecule has 0 radical (unpaired) electrons. The lowest BCUT2D eigenvalue weighted by molar-refractivity contribution is 0.169. The second kappa shape index (κ2) is 6.62. The SMILES string of the molecule is CNC(COC)Cc1nc(OC)ncc1Cl. The molecular weight excluding hydrogens is 230 g/mol. The van der Waals surface area contributed by atoms with Gasteiger partial charge in [-0.25, -0.2) is 4.98 Å². The van der Waals surface area contributed by atoms with Gasteiger partial charge in [-0.2, -0.15) is 4.98 Å². The van der Waals surface area contributed by atoms with Crippen molar-refractivity contribution in [3.63, 3.8) is 0 Å². The topological polar surface area (TPSA) is 56.3 Å². The molecule has 0 fully saturated rings. The van der Waals surface area contributed by atoms with Crippen LogP contribution >= 0.6 is 11.6 Å². The minimum atomic E-state index is 0.169. The van der Waals surface area contributed by atoms with Crippen molar-refractivity contribution in [2.75, 3.05) is 27.9 Å². The fourth-order valence-electron chi connectivity index (χ4n) is 1.30. The Bertz CT molecular complexity index is 336. The highest BCUT2D eigenvalue weighted by molar-refractivity contribution is 6.31. The number of hydrogen-bond acceptors (Lipinski definition) is 5. The third-order valence-electron chi connectivity index (χ3n) is 2.19. The average molecular weight is 246 g/mol. The van der Waals surface area contributed by atoms with E-state index < -0.39 is 0 Å². The van der Waals surface area contributed by atoms with Crippen molar-refractivity contribution in [1.82, 2.24) is 15.3 Å². The minimum absolute atomic E-state index is 0.169. The average Bonchev–Trinajstić information content (AvgIpc) is 2.31. The molecule has 0 spiro atoms. The monoisotopic (exact) mass is 245 g/mol. The molecule has 5 nitrogen and oxygen atoms in total. The number of nitrogens with one attached hydrogen (secondary N) is 1. The maximum atomic E-state index is 6.01. The van der Waals surface area contributed by atoms with Gasteiger partial charge in [0.15, 0.2) is 0 Å². The maximum Gasteiger partial charge on any atom is 0.316 e. The van der Waals surface area contributed by atoms with Crippen LogP contribution in [0.15, 0.2) is 6.20 Å². The van der Waals surface area contributed by atoms with E-state index in [2.05, 4.69) is 15.3 Å². The molecule has 0 aromatic carbocycles. The lowest BCUT2D eigenvalue weighted by Gasteiger charge is -2.15. The van der Waals surface area contributed by atoms with Crippen LogP contribution < -0.4 is 10.1 Å². The van der Waals surface area contributed by atoms with Gasteiger partial charge in [0.05, 0.1) is 30.6 Å². The molecule has 1 atom stereocenters. The molecule has 0 saturated heterocycles. The summed E-state index contributed by atoms with van der Waals surface area (Å²) in [4.78, 5) is 8.12. The summed E-state index contributed by atoms with van der Waals surface area (Å²) >= 11 is 6.01. The summed E-state index contributed by atoms with van der Waals surface area (Å²) < 4.78 is 10.0. The lowest BCUT2D eigenvalue weighted by Crippen LogP contribution is -2.32. The Morgan fingerprint density at radius 3 is 2.81 bits per heavy atom. The summed E-state index contributed by atoms with van der Waals surface area (Å²) in [5.41, 5.74) is 0.755. The van der Waals surface area contributed by atoms with E-state index in [4.69, 9.17) is 21.1 Å². The molecule has 1 aromatic rings. The zero-order chi connectivity index (χ0) is 12.0. The van der Waals surface area contributed by atoms with Gasteiger partial charge in [-0.1, -0.05) is 11.6 Å². The van der Waals surface area contributed by atoms with Crippen molar-refractivity contribution in [1.29, 1.82) is 0 Å². The maximum absolute atomic E-state index is 6.01. The zero-order valence-electron chi connectivity index (χ0n) is 9.66. The van der Waals surface area contributed by atoms with E-state index in [0.717, 1.165) is 5.69 Å². The Morgan fingerprint density at radius 1 is 1.50 bits per heavy atom. The first kappa shape index (κ1) is 13.2. The Labute approximate surface area is 100 Å². The highest BCUT2D eigenvalue weighted by atomic mass is 35.5. The van der Waals surface area contributed by atoms with E-state index in [9.17, 15) is 0 Å². The number of likely N-dealkylation sites (N-methyl/N-ethyl adjacent to an activating group) is 1. The molecule has 1 rings (SSSR count). The Morgan fingerprint density at radius 2 is 2.25 bits per heavy atom. The fraction of sp³-hybridized carbons (Fsp3) is 0.600. The molecule has 1 unspecified atom stereocenters. The van der Waals surface area contributed by atoms with Gasteiger partial charge in [0, 0.05) is 19.6 Å². The fourth-order valence-corrected chi connectivity index (χ4v) is 1.47. The van der Waals surface area contributed by atoms with Gasteiger partial charge in [0.1, 0.15) is 0 Å². The van der Waals surface area contributed by atoms with Crippen LogP contribution in [-0.2, 0) is 11.2 Å². The number of rotatable bonds is 6. The number of nitrogens with zero attached hydrogens (tertiary/aromatic N) is 2. The summed E-state index contributed by atoms with van der Waals surface area (Å²) in [6, 6.07) is 0.494. The highest BCUT2D eigenvalue weighted by Gasteiger charge is 2.12. The molecule has 16 heavy (non-hydrogen) atoms. The van der Waals surface area contributed by atoms with Gasteiger partial charge >= 0.3 is 6.01 Å². The van der Waals surface area contributed by atoms with Crippen molar-refractivity contribution in [3.8, 4) is 6.01 Å². The van der Waals surface area contributed by atoms with E-state index in [0.29, 0.717) is 24.1 Å². The van der Waals surface area contributed by atoms with Gasteiger partial charge < -0.3 is 14.8 Å². The van der Waals surface area contributed by atoms with Crippen molar-refractivity contribution >= 4 is 11.6 Å². The molecule has 1 heterocycles. The van der Waals surface area contributed by atoms with Gasteiger partial charge in [-0.15, -0.1) is 0 Å². The molecule has 0 amide bonds. The van der Waals surface area contributed by atoms with Gasteiger partial charge in [-0.05, 0) is 7.05 Å². The number of aromatic nitrogens is 2. The normalized spacial score (nSPS) is 12.5. The standard InChI is InChI=1S/C10H16ClN3O2/c1-12-7(6-15-2)4-9-8(11)5-13-10(14-9)16-3/h5,7,12H,4,6H2,1-3H3. The van der Waals surface area contributed by atoms with Crippen molar-refractivity contribution in [3.05, 3.63) is 16.9 Å².